The summed E-state index contributed by atoms with van der Waals surface area (Å²) in [7, 11) is -3.71. The minimum atomic E-state index is -3.71. The van der Waals surface area contributed by atoms with Gasteiger partial charge in [0, 0.05) is 12.3 Å². The van der Waals surface area contributed by atoms with Crippen molar-refractivity contribution in [3.05, 3.63) is 65.7 Å². The molecule has 2 aromatic rings. The number of hydrogen-bond acceptors (Lipinski definition) is 3. The van der Waals surface area contributed by atoms with Crippen LogP contribution in [-0.2, 0) is 14.8 Å². The normalized spacial score (nSPS) is 14.1. The highest BCUT2D eigenvalue weighted by Gasteiger charge is 2.29. The molecule has 0 saturated carbocycles. The van der Waals surface area contributed by atoms with Crippen molar-refractivity contribution in [2.45, 2.75) is 38.1 Å². The van der Waals surface area contributed by atoms with Gasteiger partial charge in [-0.15, -0.1) is 0 Å². The molecular weight excluding hydrogens is 322 g/mol. The van der Waals surface area contributed by atoms with E-state index >= 15 is 0 Å². The van der Waals surface area contributed by atoms with Crippen LogP contribution in [0.4, 0.5) is 0 Å². The molecule has 0 aromatic heterocycles. The highest BCUT2D eigenvalue weighted by molar-refractivity contribution is 7.89. The predicted octanol–water partition coefficient (Wildman–Crippen LogP) is 3.63. The van der Waals surface area contributed by atoms with Crippen LogP contribution < -0.4 is 4.72 Å². The van der Waals surface area contributed by atoms with Gasteiger partial charge in [0.2, 0.25) is 10.0 Å². The molecule has 128 valence electrons. The molecule has 0 heterocycles. The molecule has 4 nitrogen and oxygen atoms in total. The monoisotopic (exact) mass is 345 g/mol. The van der Waals surface area contributed by atoms with Crippen molar-refractivity contribution in [2.24, 2.45) is 5.92 Å². The Morgan fingerprint density at radius 1 is 1.04 bits per heavy atom. The van der Waals surface area contributed by atoms with Gasteiger partial charge in [-0.1, -0.05) is 61.9 Å². The molecule has 2 rings (SSSR count). The number of benzene rings is 2. The van der Waals surface area contributed by atoms with Gasteiger partial charge in [0.25, 0.3) is 0 Å². The largest absolute Gasteiger partial charge is 0.299 e. The Morgan fingerprint density at radius 2 is 1.62 bits per heavy atom. The second-order valence-corrected chi connectivity index (χ2v) is 7.65. The van der Waals surface area contributed by atoms with E-state index in [4.69, 9.17) is 0 Å². The Hall–Kier alpha value is -1.98. The molecule has 1 N–H and O–H groups in total. The lowest BCUT2D eigenvalue weighted by molar-refractivity contribution is -0.122. The molecule has 0 fully saturated rings. The van der Waals surface area contributed by atoms with Gasteiger partial charge in [0.1, 0.15) is 5.78 Å². The molecule has 0 bridgehead atoms. The molecule has 0 aliphatic heterocycles. The molecule has 2 unspecified atom stereocenters. The molecule has 0 aliphatic carbocycles. The van der Waals surface area contributed by atoms with Crippen molar-refractivity contribution < 1.29 is 13.2 Å². The summed E-state index contributed by atoms with van der Waals surface area (Å²) in [5.74, 6) is -0.423. The van der Waals surface area contributed by atoms with Crippen molar-refractivity contribution >= 4 is 15.8 Å². The molecule has 2 atom stereocenters. The maximum absolute atomic E-state index is 12.7. The summed E-state index contributed by atoms with van der Waals surface area (Å²) >= 11 is 0. The second-order valence-electron chi connectivity index (χ2n) is 5.93. The summed E-state index contributed by atoms with van der Waals surface area (Å²) < 4.78 is 28.2. The van der Waals surface area contributed by atoms with Gasteiger partial charge in [0.05, 0.1) is 10.9 Å². The van der Waals surface area contributed by atoms with Crippen LogP contribution in [0.3, 0.4) is 0 Å². The lowest BCUT2D eigenvalue weighted by Gasteiger charge is -2.24. The zero-order chi connectivity index (χ0) is 17.7. The van der Waals surface area contributed by atoms with E-state index in [1.54, 1.807) is 38.1 Å². The fraction of sp³-hybridized carbons (Fsp3) is 0.316. The van der Waals surface area contributed by atoms with Crippen LogP contribution in [0.5, 0.6) is 0 Å². The quantitative estimate of drug-likeness (QED) is 0.833. The molecular formula is C19H23NO3S. The molecule has 0 amide bonds. The van der Waals surface area contributed by atoms with E-state index in [1.165, 1.54) is 0 Å². The van der Waals surface area contributed by atoms with Gasteiger partial charge in [-0.2, -0.15) is 0 Å². The fourth-order valence-corrected chi connectivity index (χ4v) is 3.88. The maximum atomic E-state index is 12.7. The van der Waals surface area contributed by atoms with Gasteiger partial charge in [-0.25, -0.2) is 13.1 Å². The maximum Gasteiger partial charge on any atom is 0.241 e. The number of carbonyl (C=O) groups excluding carboxylic acids is 1. The van der Waals surface area contributed by atoms with Crippen molar-refractivity contribution in [3.8, 4) is 0 Å². The van der Waals surface area contributed by atoms with Crippen LogP contribution >= 0.6 is 0 Å². The molecule has 24 heavy (non-hydrogen) atoms. The standard InChI is InChI=1S/C19H23NO3S/c1-4-18(21)15(3)19(16-8-6-5-7-9-16)20-24(22,23)17-12-10-14(2)11-13-17/h5-13,15,19-20H,4H2,1-3H3. The first-order valence-electron chi connectivity index (χ1n) is 8.02. The third kappa shape index (κ3) is 4.30. The SMILES string of the molecule is CCC(=O)C(C)C(NS(=O)(=O)c1ccc(C)cc1)c1ccccc1. The number of carbonyl (C=O) groups is 1. The Balaban J connectivity index is 2.37. The van der Waals surface area contributed by atoms with Gasteiger partial charge < -0.3 is 0 Å². The molecule has 0 radical (unpaired) electrons. The summed E-state index contributed by atoms with van der Waals surface area (Å²) in [5.41, 5.74) is 1.77. The van der Waals surface area contributed by atoms with E-state index in [0.717, 1.165) is 11.1 Å². The molecule has 0 saturated heterocycles. The van der Waals surface area contributed by atoms with Crippen LogP contribution in [0.15, 0.2) is 59.5 Å². The van der Waals surface area contributed by atoms with Gasteiger partial charge >= 0.3 is 0 Å². The second kappa shape index (κ2) is 7.73. The summed E-state index contributed by atoms with van der Waals surface area (Å²) in [6.45, 7) is 5.45. The Labute approximate surface area is 144 Å². The zero-order valence-corrected chi connectivity index (χ0v) is 15.0. The topological polar surface area (TPSA) is 63.2 Å². The van der Waals surface area contributed by atoms with E-state index in [1.807, 2.05) is 37.3 Å². The van der Waals surface area contributed by atoms with E-state index < -0.39 is 22.0 Å². The van der Waals surface area contributed by atoms with Crippen LogP contribution in [0, 0.1) is 12.8 Å². The highest BCUT2D eigenvalue weighted by Crippen LogP contribution is 2.26. The summed E-state index contributed by atoms with van der Waals surface area (Å²) in [6.07, 6.45) is 0.372. The van der Waals surface area contributed by atoms with Crippen molar-refractivity contribution in [1.29, 1.82) is 0 Å². The number of nitrogens with one attached hydrogen (secondary N) is 1. The number of aryl methyl sites for hydroxylation is 1. The molecule has 5 heteroatoms. The average Bonchev–Trinajstić information content (AvgIpc) is 2.59. The van der Waals surface area contributed by atoms with Gasteiger partial charge in [0.15, 0.2) is 0 Å². The minimum absolute atomic E-state index is 0.0236. The number of rotatable bonds is 7. The number of hydrogen-bond donors (Lipinski definition) is 1. The van der Waals surface area contributed by atoms with E-state index in [0.29, 0.717) is 6.42 Å². The van der Waals surface area contributed by atoms with E-state index in [-0.39, 0.29) is 10.7 Å². The van der Waals surface area contributed by atoms with Crippen molar-refractivity contribution in [1.82, 2.24) is 4.72 Å². The number of sulfonamides is 1. The number of Topliss-reactive ketones (excluding diaryl/α,β-unsaturated/α-hetero) is 1. The van der Waals surface area contributed by atoms with E-state index in [9.17, 15) is 13.2 Å². The third-order valence-corrected chi connectivity index (χ3v) is 5.59. The van der Waals surface area contributed by atoms with E-state index in [2.05, 4.69) is 4.72 Å². The van der Waals surface area contributed by atoms with Crippen LogP contribution in [0.25, 0.3) is 0 Å². The smallest absolute Gasteiger partial charge is 0.241 e. The van der Waals surface area contributed by atoms with Crippen molar-refractivity contribution in [3.63, 3.8) is 0 Å². The highest BCUT2D eigenvalue weighted by atomic mass is 32.2. The predicted molar refractivity (Wildman–Crippen MR) is 95.1 cm³/mol. The summed E-state index contributed by atoms with van der Waals surface area (Å²) in [5, 5.41) is 0. The van der Waals surface area contributed by atoms with Crippen molar-refractivity contribution in [2.75, 3.05) is 0 Å². The lowest BCUT2D eigenvalue weighted by Crippen LogP contribution is -2.35. The van der Waals surface area contributed by atoms with Gasteiger partial charge in [-0.3, -0.25) is 4.79 Å². The van der Waals surface area contributed by atoms with Crippen LogP contribution in [-0.4, -0.2) is 14.2 Å². The fourth-order valence-electron chi connectivity index (χ4n) is 2.58. The Bertz CT molecular complexity index is 783. The summed E-state index contributed by atoms with van der Waals surface area (Å²) in [4.78, 5) is 12.4. The molecule has 2 aromatic carbocycles. The first kappa shape index (κ1) is 18.4. The zero-order valence-electron chi connectivity index (χ0n) is 14.2. The Kier molecular flexibility index (Phi) is 5.91. The number of ketones is 1. The minimum Gasteiger partial charge on any atom is -0.299 e. The summed E-state index contributed by atoms with van der Waals surface area (Å²) in [6, 6.07) is 15.3. The first-order chi connectivity index (χ1) is 11.3. The van der Waals surface area contributed by atoms with Crippen LogP contribution in [0.2, 0.25) is 0 Å². The Morgan fingerprint density at radius 3 is 2.17 bits per heavy atom. The lowest BCUT2D eigenvalue weighted by atomic mass is 9.91. The first-order valence-corrected chi connectivity index (χ1v) is 9.50. The average molecular weight is 345 g/mol. The van der Waals surface area contributed by atoms with Gasteiger partial charge in [-0.05, 0) is 24.6 Å². The molecule has 0 spiro atoms. The third-order valence-electron chi connectivity index (χ3n) is 4.13. The van der Waals surface area contributed by atoms with Crippen LogP contribution in [0.1, 0.15) is 37.4 Å². The molecule has 0 aliphatic rings.